The van der Waals surface area contributed by atoms with Crippen LogP contribution < -0.4 is 0 Å². The molecule has 0 spiro atoms. The third kappa shape index (κ3) is 3.06. The summed E-state index contributed by atoms with van der Waals surface area (Å²) in [5.74, 6) is -0.721. The van der Waals surface area contributed by atoms with Crippen molar-refractivity contribution in [1.82, 2.24) is 0 Å². The second-order valence-corrected chi connectivity index (χ2v) is 7.77. The molecular formula is C25H21NO5. The molecule has 0 N–H and O–H groups in total. The smallest absolute Gasteiger partial charge is 0.440 e. The predicted molar refractivity (Wildman–Crippen MR) is 117 cm³/mol. The molecule has 31 heavy (non-hydrogen) atoms. The summed E-state index contributed by atoms with van der Waals surface area (Å²) in [6.07, 6.45) is 7.59. The SMILES string of the molecule is CCOC(=O)C1CC=Cc2ccc3c(c21)CCc1c(-c2ccoc2[N+](=O)[O-])cccc1-3. The van der Waals surface area contributed by atoms with Crippen LogP contribution in [0.25, 0.3) is 28.3 Å². The number of carbonyl (C=O) groups is 1. The number of fused-ring (bicyclic) bond motifs is 5. The van der Waals surface area contributed by atoms with E-state index in [1.165, 1.54) is 11.8 Å². The Morgan fingerprint density at radius 2 is 1.84 bits per heavy atom. The number of allylic oxidation sites excluding steroid dienone is 1. The van der Waals surface area contributed by atoms with Crippen LogP contribution in [-0.4, -0.2) is 17.5 Å². The van der Waals surface area contributed by atoms with E-state index >= 15 is 0 Å². The molecule has 0 fully saturated rings. The van der Waals surface area contributed by atoms with E-state index in [-0.39, 0.29) is 17.8 Å². The number of nitro groups is 1. The predicted octanol–water partition coefficient (Wildman–Crippen LogP) is 5.68. The third-order valence-electron chi connectivity index (χ3n) is 6.17. The van der Waals surface area contributed by atoms with Gasteiger partial charge in [-0.15, -0.1) is 0 Å². The molecule has 0 amide bonds. The van der Waals surface area contributed by atoms with E-state index in [4.69, 9.17) is 9.15 Å². The fourth-order valence-electron chi connectivity index (χ4n) is 4.93. The Kier molecular flexibility index (Phi) is 4.70. The van der Waals surface area contributed by atoms with Crippen molar-refractivity contribution in [1.29, 1.82) is 0 Å². The minimum Gasteiger partial charge on any atom is -0.466 e. The highest BCUT2D eigenvalue weighted by molar-refractivity contribution is 5.88. The lowest BCUT2D eigenvalue weighted by Gasteiger charge is -2.29. The molecule has 0 saturated heterocycles. The molecule has 6 heteroatoms. The maximum absolute atomic E-state index is 12.7. The molecule has 6 nitrogen and oxygen atoms in total. The molecule has 3 aromatic rings. The first kappa shape index (κ1) is 19.3. The summed E-state index contributed by atoms with van der Waals surface area (Å²) in [4.78, 5) is 23.6. The molecule has 156 valence electrons. The van der Waals surface area contributed by atoms with Crippen molar-refractivity contribution in [2.75, 3.05) is 6.61 Å². The van der Waals surface area contributed by atoms with Crippen molar-refractivity contribution in [3.05, 3.63) is 81.1 Å². The standard InChI is InChI=1S/C25H21NO5/c1-2-30-25(27)22-8-3-5-15-9-10-19-16-6-4-7-17(18(16)11-12-20(19)23(15)22)21-13-14-31-24(21)26(28)29/h3-7,9-10,13-14,22H,2,8,11-12H2,1H3. The molecular weight excluding hydrogens is 394 g/mol. The third-order valence-corrected chi connectivity index (χ3v) is 6.17. The first-order valence-electron chi connectivity index (χ1n) is 10.4. The monoisotopic (exact) mass is 415 g/mol. The molecule has 0 saturated carbocycles. The van der Waals surface area contributed by atoms with Crippen molar-refractivity contribution < 1.29 is 18.9 Å². The van der Waals surface area contributed by atoms with Gasteiger partial charge in [-0.1, -0.05) is 42.5 Å². The number of carbonyl (C=O) groups excluding carboxylic acids is 1. The summed E-state index contributed by atoms with van der Waals surface area (Å²) in [5, 5.41) is 11.4. The lowest BCUT2D eigenvalue weighted by atomic mass is 9.75. The summed E-state index contributed by atoms with van der Waals surface area (Å²) in [6.45, 7) is 2.18. The highest BCUT2D eigenvalue weighted by Gasteiger charge is 2.32. The molecule has 2 aromatic carbocycles. The van der Waals surface area contributed by atoms with Gasteiger partial charge in [0.15, 0.2) is 0 Å². The molecule has 2 aliphatic carbocycles. The average Bonchev–Trinajstić information content (AvgIpc) is 3.28. The first-order valence-corrected chi connectivity index (χ1v) is 10.4. The molecule has 5 rings (SSSR count). The number of esters is 1. The van der Waals surface area contributed by atoms with Gasteiger partial charge in [0, 0.05) is 0 Å². The Hall–Kier alpha value is -3.67. The average molecular weight is 415 g/mol. The van der Waals surface area contributed by atoms with Gasteiger partial charge in [-0.05, 0) is 71.2 Å². The van der Waals surface area contributed by atoms with Crippen molar-refractivity contribution >= 4 is 17.9 Å². The first-order chi connectivity index (χ1) is 15.1. The minimum absolute atomic E-state index is 0.185. The fraction of sp³-hybridized carbons (Fsp3) is 0.240. The van der Waals surface area contributed by atoms with Crippen LogP contribution >= 0.6 is 0 Å². The molecule has 1 atom stereocenters. The summed E-state index contributed by atoms with van der Waals surface area (Å²) in [7, 11) is 0. The highest BCUT2D eigenvalue weighted by atomic mass is 16.6. The van der Waals surface area contributed by atoms with Gasteiger partial charge in [0.1, 0.15) is 10.5 Å². The number of benzene rings is 2. The highest BCUT2D eigenvalue weighted by Crippen LogP contribution is 2.45. The molecule has 2 aliphatic rings. The van der Waals surface area contributed by atoms with Gasteiger partial charge >= 0.3 is 11.9 Å². The Morgan fingerprint density at radius 1 is 1.10 bits per heavy atom. The van der Waals surface area contributed by atoms with Gasteiger partial charge in [0.25, 0.3) is 0 Å². The minimum atomic E-state index is -0.488. The number of ether oxygens (including phenoxy) is 1. The summed E-state index contributed by atoms with van der Waals surface area (Å²) in [5.41, 5.74) is 7.81. The van der Waals surface area contributed by atoms with Crippen molar-refractivity contribution in [3.63, 3.8) is 0 Å². The second kappa shape index (κ2) is 7.54. The Balaban J connectivity index is 1.67. The molecule has 1 aromatic heterocycles. The topological polar surface area (TPSA) is 82.6 Å². The number of hydrogen-bond acceptors (Lipinski definition) is 5. The molecule has 1 unspecified atom stereocenters. The maximum Gasteiger partial charge on any atom is 0.440 e. The fourth-order valence-corrected chi connectivity index (χ4v) is 4.93. The van der Waals surface area contributed by atoms with Gasteiger partial charge in [-0.25, -0.2) is 0 Å². The van der Waals surface area contributed by atoms with Gasteiger partial charge in [0.05, 0.1) is 18.8 Å². The lowest BCUT2D eigenvalue weighted by Crippen LogP contribution is -2.21. The lowest BCUT2D eigenvalue weighted by molar-refractivity contribution is -0.401. The van der Waals surface area contributed by atoms with Crippen LogP contribution in [0.5, 0.6) is 0 Å². The molecule has 1 heterocycles. The van der Waals surface area contributed by atoms with Gasteiger partial charge in [0.2, 0.25) is 0 Å². The maximum atomic E-state index is 12.7. The van der Waals surface area contributed by atoms with E-state index in [1.807, 2.05) is 31.2 Å². The van der Waals surface area contributed by atoms with E-state index in [0.717, 1.165) is 46.2 Å². The van der Waals surface area contributed by atoms with E-state index < -0.39 is 4.92 Å². The van der Waals surface area contributed by atoms with E-state index in [9.17, 15) is 14.9 Å². The summed E-state index contributed by atoms with van der Waals surface area (Å²) < 4.78 is 10.5. The Labute approximate surface area is 179 Å². The zero-order valence-corrected chi connectivity index (χ0v) is 17.1. The Morgan fingerprint density at radius 3 is 2.61 bits per heavy atom. The summed E-state index contributed by atoms with van der Waals surface area (Å²) >= 11 is 0. The van der Waals surface area contributed by atoms with Crippen LogP contribution in [0.4, 0.5) is 5.88 Å². The van der Waals surface area contributed by atoms with Crippen LogP contribution in [0.1, 0.15) is 41.5 Å². The van der Waals surface area contributed by atoms with Gasteiger partial charge in [-0.3, -0.25) is 14.9 Å². The van der Waals surface area contributed by atoms with E-state index in [0.29, 0.717) is 18.6 Å². The van der Waals surface area contributed by atoms with Crippen LogP contribution in [0.15, 0.2) is 53.2 Å². The van der Waals surface area contributed by atoms with Gasteiger partial charge in [-0.2, -0.15) is 0 Å². The van der Waals surface area contributed by atoms with Crippen molar-refractivity contribution in [3.8, 4) is 22.3 Å². The van der Waals surface area contributed by atoms with Gasteiger partial charge < -0.3 is 9.15 Å². The number of hydrogen-bond donors (Lipinski definition) is 0. The zero-order valence-electron chi connectivity index (χ0n) is 17.1. The Bertz CT molecular complexity index is 1240. The van der Waals surface area contributed by atoms with Crippen LogP contribution in [0.3, 0.4) is 0 Å². The molecule has 0 aliphatic heterocycles. The number of nitrogens with zero attached hydrogens (tertiary/aromatic N) is 1. The normalized spacial score (nSPS) is 16.2. The van der Waals surface area contributed by atoms with Crippen LogP contribution in [0.2, 0.25) is 0 Å². The molecule has 0 radical (unpaired) electrons. The zero-order chi connectivity index (χ0) is 21.5. The van der Waals surface area contributed by atoms with Crippen molar-refractivity contribution in [2.24, 2.45) is 0 Å². The summed E-state index contributed by atoms with van der Waals surface area (Å²) in [6, 6.07) is 11.7. The van der Waals surface area contributed by atoms with Crippen molar-refractivity contribution in [2.45, 2.75) is 32.1 Å². The molecule has 0 bridgehead atoms. The number of rotatable bonds is 4. The quantitative estimate of drug-likeness (QED) is 0.311. The van der Waals surface area contributed by atoms with E-state index in [2.05, 4.69) is 18.2 Å². The van der Waals surface area contributed by atoms with E-state index in [1.54, 1.807) is 6.07 Å². The number of furan rings is 1. The van der Waals surface area contributed by atoms with Crippen LogP contribution in [-0.2, 0) is 22.4 Å². The second-order valence-electron chi connectivity index (χ2n) is 7.77. The largest absolute Gasteiger partial charge is 0.466 e. The van der Waals surface area contributed by atoms with Crippen LogP contribution in [0, 0.1) is 10.1 Å².